The van der Waals surface area contributed by atoms with Crippen molar-refractivity contribution in [3.05, 3.63) is 65.9 Å². The molecule has 0 bridgehead atoms. The molecule has 0 spiro atoms. The first-order valence-corrected chi connectivity index (χ1v) is 14.8. The zero-order chi connectivity index (χ0) is 29.4. The minimum Gasteiger partial charge on any atom is -0.496 e. The molecule has 0 saturated heterocycles. The molecule has 1 atom stereocenters. The number of nitrogens with zero attached hydrogens (tertiary/aromatic N) is 4. The number of anilines is 2. The van der Waals surface area contributed by atoms with E-state index in [9.17, 15) is 4.79 Å². The number of rotatable bonds is 8. The van der Waals surface area contributed by atoms with Crippen LogP contribution >= 0.6 is 0 Å². The van der Waals surface area contributed by atoms with Crippen molar-refractivity contribution in [2.75, 3.05) is 45.1 Å². The molecule has 1 saturated carbocycles. The van der Waals surface area contributed by atoms with Crippen molar-refractivity contribution >= 4 is 22.8 Å². The van der Waals surface area contributed by atoms with Crippen LogP contribution in [0.2, 0.25) is 0 Å². The number of likely N-dealkylation sites (N-methyl/N-ethyl adjacent to an activating group) is 1. The average Bonchev–Trinajstić information content (AvgIpc) is 3.57. The van der Waals surface area contributed by atoms with E-state index in [4.69, 9.17) is 14.5 Å². The van der Waals surface area contributed by atoms with Crippen LogP contribution in [0.4, 0.5) is 11.4 Å². The summed E-state index contributed by atoms with van der Waals surface area (Å²) in [5, 5.41) is 6.45. The number of hydrogen-bond acceptors (Lipinski definition) is 7. The lowest BCUT2D eigenvalue weighted by Gasteiger charge is -2.27. The third kappa shape index (κ3) is 4.96. The van der Waals surface area contributed by atoms with Crippen LogP contribution in [0.15, 0.2) is 48.8 Å². The Morgan fingerprint density at radius 2 is 1.86 bits per heavy atom. The van der Waals surface area contributed by atoms with Gasteiger partial charge in [0.15, 0.2) is 0 Å². The first kappa shape index (κ1) is 28.0. The largest absolute Gasteiger partial charge is 0.496 e. The Kier molecular flexibility index (Phi) is 7.77. The Balaban J connectivity index is 1.28. The summed E-state index contributed by atoms with van der Waals surface area (Å²) in [6, 6.07) is 11.4. The summed E-state index contributed by atoms with van der Waals surface area (Å²) < 4.78 is 13.6. The molecule has 2 aromatic carbocycles. The van der Waals surface area contributed by atoms with E-state index >= 15 is 0 Å². The molecule has 4 aromatic rings. The smallest absolute Gasteiger partial charge is 0.247 e. The van der Waals surface area contributed by atoms with Gasteiger partial charge in [0.25, 0.3) is 0 Å². The summed E-state index contributed by atoms with van der Waals surface area (Å²) in [5.74, 6) is 3.54. The quantitative estimate of drug-likeness (QED) is 0.301. The van der Waals surface area contributed by atoms with Crippen molar-refractivity contribution in [3.8, 4) is 22.8 Å². The van der Waals surface area contributed by atoms with Crippen molar-refractivity contribution in [1.29, 1.82) is 0 Å². The van der Waals surface area contributed by atoms with Gasteiger partial charge in [0.1, 0.15) is 23.4 Å². The van der Waals surface area contributed by atoms with Gasteiger partial charge in [-0.15, -0.1) is 0 Å². The van der Waals surface area contributed by atoms with Crippen LogP contribution in [-0.4, -0.2) is 61.2 Å². The SMILES string of the molecule is CNC[C@H]1CC[C@H](c2nc(-c3ccc(NC(=O)C4Cc5c(OC)cccc5N4C)c(OC)c3)c3c(C)nccn32)CC1. The van der Waals surface area contributed by atoms with E-state index in [1.165, 1.54) is 12.8 Å². The molecule has 9 nitrogen and oxygen atoms in total. The fourth-order valence-electron chi connectivity index (χ4n) is 6.83. The maximum absolute atomic E-state index is 13.5. The molecular formula is C33H40N6O3. The first-order chi connectivity index (χ1) is 20.4. The fourth-order valence-corrected chi connectivity index (χ4v) is 6.83. The number of nitrogens with one attached hydrogen (secondary N) is 2. The lowest BCUT2D eigenvalue weighted by atomic mass is 9.81. The number of imidazole rings is 1. The number of carbonyl (C=O) groups is 1. The number of methoxy groups -OCH3 is 2. The van der Waals surface area contributed by atoms with Crippen LogP contribution in [0.1, 0.15) is 48.7 Å². The predicted octanol–water partition coefficient (Wildman–Crippen LogP) is 5.21. The Labute approximate surface area is 247 Å². The maximum atomic E-state index is 13.5. The molecule has 1 amide bonds. The predicted molar refractivity (Wildman–Crippen MR) is 166 cm³/mol. The van der Waals surface area contributed by atoms with Crippen LogP contribution < -0.4 is 25.0 Å². The summed E-state index contributed by atoms with van der Waals surface area (Å²) >= 11 is 0. The van der Waals surface area contributed by atoms with Gasteiger partial charge in [-0.05, 0) is 76.4 Å². The summed E-state index contributed by atoms with van der Waals surface area (Å²) in [6.07, 6.45) is 9.14. The number of amides is 1. The highest BCUT2D eigenvalue weighted by Crippen LogP contribution is 2.40. The van der Waals surface area contributed by atoms with E-state index in [2.05, 4.69) is 20.0 Å². The monoisotopic (exact) mass is 568 g/mol. The van der Waals surface area contributed by atoms with E-state index in [0.717, 1.165) is 70.6 Å². The number of carbonyl (C=O) groups excluding carboxylic acids is 1. The van der Waals surface area contributed by atoms with E-state index in [1.54, 1.807) is 14.2 Å². The van der Waals surface area contributed by atoms with Gasteiger partial charge >= 0.3 is 0 Å². The number of benzene rings is 2. The normalized spacial score (nSPS) is 20.0. The Morgan fingerprint density at radius 1 is 1.07 bits per heavy atom. The first-order valence-electron chi connectivity index (χ1n) is 14.8. The summed E-state index contributed by atoms with van der Waals surface area (Å²) in [4.78, 5) is 25.3. The molecule has 6 rings (SSSR count). The fraction of sp³-hybridized carbons (Fsp3) is 0.424. The number of aromatic nitrogens is 3. The van der Waals surface area contributed by atoms with Crippen molar-refractivity contribution in [2.24, 2.45) is 5.92 Å². The van der Waals surface area contributed by atoms with Gasteiger partial charge in [-0.1, -0.05) is 12.1 Å². The molecule has 1 fully saturated rings. The summed E-state index contributed by atoms with van der Waals surface area (Å²) in [6.45, 7) is 3.11. The standard InChI is InChI=1S/C33H40N6O3/c1-20-31-30(37-32(39(31)16-15-35-20)22-11-9-21(10-12-22)19-34-2)23-13-14-25(29(17-23)42-5)36-33(40)27-18-24-26(38(27)3)7-6-8-28(24)41-4/h6-8,13-17,21-22,27,34H,9-12,18-19H2,1-5H3,(H,36,40)/t21-,22-,27?. The zero-order valence-corrected chi connectivity index (χ0v) is 25.1. The third-order valence-electron chi connectivity index (χ3n) is 9.08. The molecule has 2 aliphatic rings. The Morgan fingerprint density at radius 3 is 2.60 bits per heavy atom. The zero-order valence-electron chi connectivity index (χ0n) is 25.1. The van der Waals surface area contributed by atoms with Gasteiger partial charge in [0.2, 0.25) is 5.91 Å². The average molecular weight is 569 g/mol. The van der Waals surface area contributed by atoms with E-state index in [-0.39, 0.29) is 11.9 Å². The van der Waals surface area contributed by atoms with Crippen LogP contribution in [0, 0.1) is 12.8 Å². The van der Waals surface area contributed by atoms with Gasteiger partial charge in [-0.25, -0.2) is 4.98 Å². The number of ether oxygens (including phenoxy) is 2. The maximum Gasteiger partial charge on any atom is 0.247 e. The molecule has 9 heteroatoms. The molecule has 1 aliphatic heterocycles. The van der Waals surface area contributed by atoms with Gasteiger partial charge in [0, 0.05) is 48.6 Å². The lowest BCUT2D eigenvalue weighted by Crippen LogP contribution is -2.39. The minimum absolute atomic E-state index is 0.0922. The Hall–Kier alpha value is -4.11. The molecule has 1 unspecified atom stereocenters. The number of fused-ring (bicyclic) bond motifs is 2. The molecule has 220 valence electrons. The van der Waals surface area contributed by atoms with Crippen molar-refractivity contribution in [3.63, 3.8) is 0 Å². The molecule has 3 heterocycles. The molecule has 42 heavy (non-hydrogen) atoms. The highest BCUT2D eigenvalue weighted by Gasteiger charge is 2.34. The Bertz CT molecular complexity index is 1610. The van der Waals surface area contributed by atoms with Crippen LogP contribution in [0.5, 0.6) is 11.5 Å². The van der Waals surface area contributed by atoms with E-state index in [0.29, 0.717) is 23.8 Å². The second kappa shape index (κ2) is 11.6. The topological polar surface area (TPSA) is 93.0 Å². The van der Waals surface area contributed by atoms with Crippen LogP contribution in [0.25, 0.3) is 16.8 Å². The van der Waals surface area contributed by atoms with Gasteiger partial charge < -0.3 is 25.0 Å². The van der Waals surface area contributed by atoms with Crippen molar-refractivity contribution < 1.29 is 14.3 Å². The highest BCUT2D eigenvalue weighted by molar-refractivity contribution is 6.00. The second-order valence-electron chi connectivity index (χ2n) is 11.5. The summed E-state index contributed by atoms with van der Waals surface area (Å²) in [5.41, 5.74) is 6.47. The third-order valence-corrected chi connectivity index (χ3v) is 9.08. The molecule has 0 radical (unpaired) electrons. The van der Waals surface area contributed by atoms with E-state index in [1.807, 2.05) is 74.7 Å². The molecular weight excluding hydrogens is 528 g/mol. The van der Waals surface area contributed by atoms with Crippen LogP contribution in [-0.2, 0) is 11.2 Å². The molecule has 2 aromatic heterocycles. The van der Waals surface area contributed by atoms with Crippen LogP contribution in [0.3, 0.4) is 0 Å². The number of hydrogen-bond donors (Lipinski definition) is 2. The van der Waals surface area contributed by atoms with Crippen molar-refractivity contribution in [1.82, 2.24) is 19.7 Å². The molecule has 2 N–H and O–H groups in total. The lowest BCUT2D eigenvalue weighted by molar-refractivity contribution is -0.117. The number of aryl methyl sites for hydroxylation is 1. The van der Waals surface area contributed by atoms with Gasteiger partial charge in [-0.2, -0.15) is 0 Å². The molecule has 1 aliphatic carbocycles. The minimum atomic E-state index is -0.350. The highest BCUT2D eigenvalue weighted by atomic mass is 16.5. The van der Waals surface area contributed by atoms with Gasteiger partial charge in [-0.3, -0.25) is 14.2 Å². The summed E-state index contributed by atoms with van der Waals surface area (Å²) in [7, 11) is 7.27. The van der Waals surface area contributed by atoms with E-state index < -0.39 is 0 Å². The van der Waals surface area contributed by atoms with Crippen molar-refractivity contribution in [2.45, 2.75) is 51.0 Å². The van der Waals surface area contributed by atoms with Gasteiger partial charge in [0.05, 0.1) is 36.8 Å². The second-order valence-corrected chi connectivity index (χ2v) is 11.5.